The molecule has 0 saturated heterocycles. The van der Waals surface area contributed by atoms with E-state index >= 15 is 0 Å². The lowest BCUT2D eigenvalue weighted by Gasteiger charge is -2.10. The third kappa shape index (κ3) is 3.94. The lowest BCUT2D eigenvalue weighted by molar-refractivity contribution is 0.609. The Hall–Kier alpha value is -0.260. The zero-order chi connectivity index (χ0) is 9.40. The largest absolute Gasteiger partial charge is 0.0996 e. The predicted octanol–water partition coefficient (Wildman–Crippen LogP) is 4.56. The van der Waals surface area contributed by atoms with E-state index in [0.717, 1.165) is 5.92 Å². The molecule has 0 aliphatic heterocycles. The molecule has 0 heteroatoms. The highest BCUT2D eigenvalue weighted by atomic mass is 14.2. The molecule has 0 nitrogen and oxygen atoms in total. The first kappa shape index (κ1) is 11.7. The van der Waals surface area contributed by atoms with Crippen LogP contribution in [0.1, 0.15) is 59.3 Å². The molecule has 12 heavy (non-hydrogen) atoms. The molecule has 1 saturated carbocycles. The molecule has 0 amide bonds. The van der Waals surface area contributed by atoms with Crippen molar-refractivity contribution in [2.24, 2.45) is 5.92 Å². The average Bonchev–Trinajstić information content (AvgIpc) is 2.60. The second-order valence-corrected chi connectivity index (χ2v) is 3.39. The van der Waals surface area contributed by atoms with Crippen LogP contribution in [0.25, 0.3) is 0 Å². The van der Waals surface area contributed by atoms with Crippen LogP contribution in [0.5, 0.6) is 0 Å². The molecular formula is C12H24. The van der Waals surface area contributed by atoms with Crippen molar-refractivity contribution in [3.63, 3.8) is 0 Å². The first-order chi connectivity index (χ1) is 5.84. The zero-order valence-electron chi connectivity index (χ0n) is 9.03. The van der Waals surface area contributed by atoms with E-state index in [4.69, 9.17) is 0 Å². The smallest absolute Gasteiger partial charge is 0.0206 e. The van der Waals surface area contributed by atoms with Gasteiger partial charge in [0.2, 0.25) is 0 Å². The van der Waals surface area contributed by atoms with E-state index in [9.17, 15) is 0 Å². The summed E-state index contributed by atoms with van der Waals surface area (Å²) in [7, 11) is 0. The SMILES string of the molecule is C=C(CCC)C1CCCC1.CC. The summed E-state index contributed by atoms with van der Waals surface area (Å²) in [4.78, 5) is 0. The van der Waals surface area contributed by atoms with Crippen molar-refractivity contribution in [2.75, 3.05) is 0 Å². The van der Waals surface area contributed by atoms with E-state index in [1.54, 1.807) is 0 Å². The van der Waals surface area contributed by atoms with Gasteiger partial charge in [0.25, 0.3) is 0 Å². The molecule has 0 aromatic rings. The van der Waals surface area contributed by atoms with Crippen LogP contribution in [0.4, 0.5) is 0 Å². The molecule has 1 fully saturated rings. The van der Waals surface area contributed by atoms with E-state index in [0.29, 0.717) is 0 Å². The highest BCUT2D eigenvalue weighted by Crippen LogP contribution is 2.31. The quantitative estimate of drug-likeness (QED) is 0.542. The Morgan fingerprint density at radius 1 is 1.25 bits per heavy atom. The normalized spacial score (nSPS) is 16.9. The van der Waals surface area contributed by atoms with Gasteiger partial charge in [0, 0.05) is 0 Å². The van der Waals surface area contributed by atoms with Crippen molar-refractivity contribution in [3.8, 4) is 0 Å². The lowest BCUT2D eigenvalue weighted by atomic mass is 9.96. The molecule has 0 N–H and O–H groups in total. The summed E-state index contributed by atoms with van der Waals surface area (Å²) >= 11 is 0. The lowest BCUT2D eigenvalue weighted by Crippen LogP contribution is -1.96. The van der Waals surface area contributed by atoms with Crippen LogP contribution in [-0.4, -0.2) is 0 Å². The Labute approximate surface area is 78.1 Å². The van der Waals surface area contributed by atoms with Crippen molar-refractivity contribution in [2.45, 2.75) is 59.3 Å². The number of allylic oxidation sites excluding steroid dienone is 1. The highest BCUT2D eigenvalue weighted by molar-refractivity contribution is 5.01. The van der Waals surface area contributed by atoms with Crippen LogP contribution in [0.2, 0.25) is 0 Å². The Balaban J connectivity index is 0.000000561. The number of hydrogen-bond donors (Lipinski definition) is 0. The van der Waals surface area contributed by atoms with E-state index in [1.165, 1.54) is 44.1 Å². The molecule has 0 bridgehead atoms. The molecule has 1 rings (SSSR count). The Morgan fingerprint density at radius 2 is 1.75 bits per heavy atom. The maximum absolute atomic E-state index is 4.13. The molecule has 0 atom stereocenters. The fourth-order valence-corrected chi connectivity index (χ4v) is 1.86. The fraction of sp³-hybridized carbons (Fsp3) is 0.833. The van der Waals surface area contributed by atoms with Gasteiger partial charge in [0.15, 0.2) is 0 Å². The van der Waals surface area contributed by atoms with Gasteiger partial charge >= 0.3 is 0 Å². The molecule has 0 radical (unpaired) electrons. The molecule has 0 unspecified atom stereocenters. The maximum Gasteiger partial charge on any atom is -0.0206 e. The van der Waals surface area contributed by atoms with Crippen molar-refractivity contribution in [3.05, 3.63) is 12.2 Å². The highest BCUT2D eigenvalue weighted by Gasteiger charge is 2.16. The minimum atomic E-state index is 0.889. The first-order valence-corrected chi connectivity index (χ1v) is 5.52. The first-order valence-electron chi connectivity index (χ1n) is 5.52. The second-order valence-electron chi connectivity index (χ2n) is 3.39. The van der Waals surface area contributed by atoms with Crippen molar-refractivity contribution in [1.82, 2.24) is 0 Å². The predicted molar refractivity (Wildman–Crippen MR) is 57.4 cm³/mol. The van der Waals surface area contributed by atoms with E-state index in [-0.39, 0.29) is 0 Å². The van der Waals surface area contributed by atoms with Gasteiger partial charge in [-0.05, 0) is 25.2 Å². The van der Waals surface area contributed by atoms with Gasteiger partial charge < -0.3 is 0 Å². The minimum absolute atomic E-state index is 0.889. The fourth-order valence-electron chi connectivity index (χ4n) is 1.86. The number of rotatable bonds is 3. The summed E-state index contributed by atoms with van der Waals surface area (Å²) in [6, 6.07) is 0. The van der Waals surface area contributed by atoms with Crippen LogP contribution in [0, 0.1) is 5.92 Å². The maximum atomic E-state index is 4.13. The summed E-state index contributed by atoms with van der Waals surface area (Å²) in [5, 5.41) is 0. The van der Waals surface area contributed by atoms with Gasteiger partial charge in [-0.25, -0.2) is 0 Å². The van der Waals surface area contributed by atoms with Gasteiger partial charge in [-0.15, -0.1) is 0 Å². The topological polar surface area (TPSA) is 0 Å². The van der Waals surface area contributed by atoms with Crippen LogP contribution in [-0.2, 0) is 0 Å². The molecule has 1 aliphatic rings. The second kappa shape index (κ2) is 7.39. The Kier molecular flexibility index (Phi) is 7.23. The van der Waals surface area contributed by atoms with Crippen molar-refractivity contribution < 1.29 is 0 Å². The van der Waals surface area contributed by atoms with Crippen molar-refractivity contribution in [1.29, 1.82) is 0 Å². The van der Waals surface area contributed by atoms with Crippen molar-refractivity contribution >= 4 is 0 Å². The van der Waals surface area contributed by atoms with E-state index in [1.807, 2.05) is 13.8 Å². The van der Waals surface area contributed by atoms with Gasteiger partial charge in [0.05, 0.1) is 0 Å². The summed E-state index contributed by atoms with van der Waals surface area (Å²) in [6.07, 6.45) is 8.23. The van der Waals surface area contributed by atoms with Gasteiger partial charge in [-0.2, -0.15) is 0 Å². The summed E-state index contributed by atoms with van der Waals surface area (Å²) in [5.74, 6) is 0.889. The van der Waals surface area contributed by atoms with Crippen LogP contribution in [0.15, 0.2) is 12.2 Å². The summed E-state index contributed by atoms with van der Waals surface area (Å²) < 4.78 is 0. The Morgan fingerprint density at radius 3 is 2.17 bits per heavy atom. The van der Waals surface area contributed by atoms with Gasteiger partial charge in [-0.3, -0.25) is 0 Å². The summed E-state index contributed by atoms with van der Waals surface area (Å²) in [5.41, 5.74) is 1.51. The molecule has 0 heterocycles. The molecular weight excluding hydrogens is 144 g/mol. The monoisotopic (exact) mass is 168 g/mol. The minimum Gasteiger partial charge on any atom is -0.0996 e. The standard InChI is InChI=1S/C10H18.C2H6/c1-3-6-9(2)10-7-4-5-8-10;1-2/h10H,2-8H2,1H3;1-2H3. The van der Waals surface area contributed by atoms with E-state index < -0.39 is 0 Å². The van der Waals surface area contributed by atoms with Gasteiger partial charge in [-0.1, -0.05) is 52.2 Å². The number of hydrogen-bond acceptors (Lipinski definition) is 0. The molecule has 0 aromatic carbocycles. The van der Waals surface area contributed by atoms with E-state index in [2.05, 4.69) is 13.5 Å². The molecule has 0 spiro atoms. The third-order valence-electron chi connectivity index (χ3n) is 2.50. The zero-order valence-corrected chi connectivity index (χ0v) is 9.03. The van der Waals surface area contributed by atoms with Gasteiger partial charge in [0.1, 0.15) is 0 Å². The van der Waals surface area contributed by atoms with Crippen LogP contribution >= 0.6 is 0 Å². The van der Waals surface area contributed by atoms with Crippen LogP contribution in [0.3, 0.4) is 0 Å². The molecule has 1 aliphatic carbocycles. The average molecular weight is 168 g/mol. The Bertz CT molecular complexity index is 107. The molecule has 72 valence electrons. The van der Waals surface area contributed by atoms with Crippen LogP contribution < -0.4 is 0 Å². The third-order valence-corrected chi connectivity index (χ3v) is 2.50. The molecule has 0 aromatic heterocycles. The summed E-state index contributed by atoms with van der Waals surface area (Å²) in [6.45, 7) is 10.4.